The van der Waals surface area contributed by atoms with Crippen molar-refractivity contribution in [3.8, 4) is 0 Å². The number of benzene rings is 2. The molecule has 8 nitrogen and oxygen atoms in total. The predicted molar refractivity (Wildman–Crippen MR) is 141 cm³/mol. The number of hydrogen-bond donors (Lipinski definition) is 2. The van der Waals surface area contributed by atoms with Gasteiger partial charge in [-0.2, -0.15) is 0 Å². The zero-order valence-corrected chi connectivity index (χ0v) is 22.4. The number of fused-ring (bicyclic) bond motifs is 1. The molecule has 5 rings (SSSR count). The summed E-state index contributed by atoms with van der Waals surface area (Å²) in [7, 11) is 0. The van der Waals surface area contributed by atoms with Crippen molar-refractivity contribution < 1.29 is 29.0 Å². The molecule has 3 fully saturated rings. The molecular formula is C30H36N2O6. The van der Waals surface area contributed by atoms with Crippen LogP contribution in [0.3, 0.4) is 0 Å². The Kier molecular flexibility index (Phi) is 6.82. The summed E-state index contributed by atoms with van der Waals surface area (Å²) in [4.78, 5) is 43.4. The van der Waals surface area contributed by atoms with Crippen molar-refractivity contribution in [1.82, 2.24) is 4.90 Å². The molecule has 1 spiro atoms. The van der Waals surface area contributed by atoms with E-state index >= 15 is 0 Å². The van der Waals surface area contributed by atoms with E-state index < -0.39 is 41.1 Å². The van der Waals surface area contributed by atoms with E-state index in [1.165, 1.54) is 4.90 Å². The van der Waals surface area contributed by atoms with Gasteiger partial charge in [0.05, 0.1) is 30.8 Å². The van der Waals surface area contributed by atoms with Crippen LogP contribution in [0.5, 0.6) is 0 Å². The Labute approximate surface area is 223 Å². The molecule has 3 aliphatic rings. The Balaban J connectivity index is 1.64. The number of carbonyl (C=O) groups excluding carboxylic acids is 3. The number of esters is 1. The fourth-order valence-electron chi connectivity index (χ4n) is 6.98. The van der Waals surface area contributed by atoms with Gasteiger partial charge in [-0.3, -0.25) is 14.4 Å². The van der Waals surface area contributed by atoms with Gasteiger partial charge in [0.25, 0.3) is 0 Å². The van der Waals surface area contributed by atoms with E-state index in [1.54, 1.807) is 6.92 Å². The van der Waals surface area contributed by atoms with Crippen molar-refractivity contribution in [3.63, 3.8) is 0 Å². The summed E-state index contributed by atoms with van der Waals surface area (Å²) in [5.74, 6) is -2.90. The molecule has 8 heteroatoms. The molecule has 2 aromatic rings. The van der Waals surface area contributed by atoms with Crippen molar-refractivity contribution in [3.05, 3.63) is 65.2 Å². The first-order chi connectivity index (χ1) is 18.2. The average molecular weight is 521 g/mol. The van der Waals surface area contributed by atoms with Crippen LogP contribution in [-0.4, -0.2) is 58.2 Å². The highest BCUT2D eigenvalue weighted by atomic mass is 16.6. The van der Waals surface area contributed by atoms with Gasteiger partial charge in [0.1, 0.15) is 17.6 Å². The number of aryl methyl sites for hydroxylation is 2. The quantitative estimate of drug-likeness (QED) is 0.515. The summed E-state index contributed by atoms with van der Waals surface area (Å²) in [6, 6.07) is 13.2. The minimum atomic E-state index is -1.20. The van der Waals surface area contributed by atoms with Crippen LogP contribution in [-0.2, 0) is 23.9 Å². The van der Waals surface area contributed by atoms with Gasteiger partial charge in [0, 0.05) is 5.69 Å². The number of nitrogens with zero attached hydrogens (tertiary/aromatic N) is 1. The summed E-state index contributed by atoms with van der Waals surface area (Å²) >= 11 is 0. The van der Waals surface area contributed by atoms with E-state index in [0.29, 0.717) is 30.5 Å². The van der Waals surface area contributed by atoms with Crippen molar-refractivity contribution in [1.29, 1.82) is 0 Å². The number of nitrogens with one attached hydrogen (secondary N) is 1. The molecule has 38 heavy (non-hydrogen) atoms. The Morgan fingerprint density at radius 1 is 1.16 bits per heavy atom. The van der Waals surface area contributed by atoms with Gasteiger partial charge in [-0.25, -0.2) is 0 Å². The van der Waals surface area contributed by atoms with E-state index in [9.17, 15) is 19.5 Å². The summed E-state index contributed by atoms with van der Waals surface area (Å²) < 4.78 is 12.2. The van der Waals surface area contributed by atoms with E-state index in [4.69, 9.17) is 9.47 Å². The maximum Gasteiger partial charge on any atom is 0.312 e. The predicted octanol–water partition coefficient (Wildman–Crippen LogP) is 3.69. The molecule has 0 aliphatic carbocycles. The lowest BCUT2D eigenvalue weighted by Gasteiger charge is -2.37. The fraction of sp³-hybridized carbons (Fsp3) is 0.500. The number of ether oxygens (including phenoxy) is 2. The number of amides is 2. The van der Waals surface area contributed by atoms with Gasteiger partial charge >= 0.3 is 5.97 Å². The summed E-state index contributed by atoms with van der Waals surface area (Å²) in [6.07, 6.45) is 1.53. The SMILES string of the molecule is CCOC(=O)[C@@H]1[C@H]2C(=O)N([C@H](CO)c3ccccc3)C(C(=O)Nc3cc(C)ccc3C)C23CC[C@@]1(CC)O3. The zero-order valence-electron chi connectivity index (χ0n) is 22.4. The van der Waals surface area contributed by atoms with Gasteiger partial charge in [0.2, 0.25) is 11.8 Å². The topological polar surface area (TPSA) is 105 Å². The third kappa shape index (κ3) is 3.84. The normalized spacial score (nSPS) is 30.3. The lowest BCUT2D eigenvalue weighted by atomic mass is 9.65. The number of hydrogen-bond acceptors (Lipinski definition) is 6. The third-order valence-electron chi connectivity index (χ3n) is 8.75. The number of likely N-dealkylation sites (tertiary alicyclic amines) is 1. The molecule has 6 atom stereocenters. The molecule has 202 valence electrons. The molecule has 2 N–H and O–H groups in total. The summed E-state index contributed by atoms with van der Waals surface area (Å²) in [5.41, 5.74) is 1.18. The smallest absolute Gasteiger partial charge is 0.312 e. The van der Waals surface area contributed by atoms with Crippen LogP contribution < -0.4 is 5.32 Å². The largest absolute Gasteiger partial charge is 0.466 e. The Bertz CT molecular complexity index is 1250. The van der Waals surface area contributed by atoms with Crippen molar-refractivity contribution in [2.24, 2.45) is 11.8 Å². The molecule has 2 unspecified atom stereocenters. The van der Waals surface area contributed by atoms with E-state index in [2.05, 4.69) is 5.32 Å². The minimum absolute atomic E-state index is 0.187. The lowest BCUT2D eigenvalue weighted by Crippen LogP contribution is -2.54. The third-order valence-corrected chi connectivity index (χ3v) is 8.75. The van der Waals surface area contributed by atoms with Crippen molar-refractivity contribution in [2.75, 3.05) is 18.5 Å². The standard InChI is InChI=1S/C30H36N2O6/c1-5-29-14-15-30(38-29)23(24(29)28(36)37-6-2)27(35)32(22(17-33)20-10-8-7-9-11-20)25(30)26(34)31-21-16-18(3)12-13-19(21)4/h7-13,16,22-25,33H,5-6,14-15,17H2,1-4H3,(H,31,34)/t22-,23+,24+,25?,29-,30?/m1/s1. The first-order valence-electron chi connectivity index (χ1n) is 13.5. The number of aliphatic hydroxyl groups excluding tert-OH is 1. The minimum Gasteiger partial charge on any atom is -0.466 e. The Morgan fingerprint density at radius 3 is 2.55 bits per heavy atom. The Hall–Kier alpha value is -3.23. The van der Waals surface area contributed by atoms with Gasteiger partial charge in [-0.1, -0.05) is 49.4 Å². The second-order valence-corrected chi connectivity index (χ2v) is 10.7. The molecule has 3 saturated heterocycles. The van der Waals surface area contributed by atoms with Crippen LogP contribution in [0.15, 0.2) is 48.5 Å². The van der Waals surface area contributed by atoms with Gasteiger partial charge in [-0.15, -0.1) is 0 Å². The van der Waals surface area contributed by atoms with Gasteiger partial charge in [0.15, 0.2) is 0 Å². The molecule has 2 aromatic carbocycles. The van der Waals surface area contributed by atoms with Crippen molar-refractivity contribution >= 4 is 23.5 Å². The number of aliphatic hydroxyl groups is 1. The van der Waals surface area contributed by atoms with E-state index in [1.807, 2.05) is 69.3 Å². The Morgan fingerprint density at radius 2 is 1.89 bits per heavy atom. The second-order valence-electron chi connectivity index (χ2n) is 10.7. The van der Waals surface area contributed by atoms with Crippen LogP contribution in [0, 0.1) is 25.7 Å². The average Bonchev–Trinajstić information content (AvgIpc) is 3.51. The number of carbonyl (C=O) groups is 3. The summed E-state index contributed by atoms with van der Waals surface area (Å²) in [6.45, 7) is 7.35. The highest BCUT2D eigenvalue weighted by Gasteiger charge is 2.79. The highest BCUT2D eigenvalue weighted by Crippen LogP contribution is 2.65. The first-order valence-corrected chi connectivity index (χ1v) is 13.5. The zero-order chi connectivity index (χ0) is 27.2. The molecule has 3 aliphatic heterocycles. The van der Waals surface area contributed by atoms with E-state index in [0.717, 1.165) is 11.1 Å². The molecule has 2 bridgehead atoms. The maximum absolute atomic E-state index is 14.4. The van der Waals surface area contributed by atoms with Crippen LogP contribution in [0.1, 0.15) is 55.8 Å². The molecule has 3 heterocycles. The van der Waals surface area contributed by atoms with Crippen LogP contribution in [0.4, 0.5) is 5.69 Å². The molecule has 0 aromatic heterocycles. The van der Waals surface area contributed by atoms with Crippen LogP contribution in [0.25, 0.3) is 0 Å². The molecule has 0 radical (unpaired) electrons. The molecule has 2 amide bonds. The molecular weight excluding hydrogens is 484 g/mol. The molecule has 0 saturated carbocycles. The van der Waals surface area contributed by atoms with Crippen LogP contribution >= 0.6 is 0 Å². The first kappa shape index (κ1) is 26.4. The highest BCUT2D eigenvalue weighted by molar-refractivity contribution is 6.04. The summed E-state index contributed by atoms with van der Waals surface area (Å²) in [5, 5.41) is 13.6. The van der Waals surface area contributed by atoms with Gasteiger partial charge in [-0.05, 0) is 62.8 Å². The number of anilines is 1. The number of rotatable bonds is 8. The van der Waals surface area contributed by atoms with Gasteiger partial charge < -0.3 is 24.8 Å². The monoisotopic (exact) mass is 520 g/mol. The lowest BCUT2D eigenvalue weighted by molar-refractivity contribution is -0.161. The van der Waals surface area contributed by atoms with E-state index in [-0.39, 0.29) is 25.0 Å². The fourth-order valence-corrected chi connectivity index (χ4v) is 6.98. The second kappa shape index (κ2) is 9.82. The van der Waals surface area contributed by atoms with Crippen molar-refractivity contribution in [2.45, 2.75) is 70.2 Å². The van der Waals surface area contributed by atoms with Crippen LogP contribution in [0.2, 0.25) is 0 Å². The maximum atomic E-state index is 14.4.